The number of aromatic nitrogens is 2. The highest BCUT2D eigenvalue weighted by Gasteiger charge is 2.38. The lowest BCUT2D eigenvalue weighted by atomic mass is 9.98. The number of alkyl halides is 3. The lowest BCUT2D eigenvalue weighted by Crippen LogP contribution is -2.48. The van der Waals surface area contributed by atoms with Gasteiger partial charge in [0.1, 0.15) is 0 Å². The molecule has 2 aliphatic rings. The van der Waals surface area contributed by atoms with Gasteiger partial charge in [0.15, 0.2) is 5.82 Å². The maximum atomic E-state index is 12.5. The molecule has 2 heterocycles. The molecule has 5 nitrogen and oxygen atoms in total. The van der Waals surface area contributed by atoms with E-state index in [0.717, 1.165) is 30.8 Å². The minimum atomic E-state index is -4.40. The van der Waals surface area contributed by atoms with Crippen molar-refractivity contribution < 1.29 is 22.5 Å². The van der Waals surface area contributed by atoms with Gasteiger partial charge in [-0.3, -0.25) is 4.79 Å². The zero-order valence-electron chi connectivity index (χ0n) is 12.6. The largest absolute Gasteiger partial charge is 0.416 e. The van der Waals surface area contributed by atoms with Crippen molar-refractivity contribution in [1.29, 1.82) is 0 Å². The highest BCUT2D eigenvalue weighted by atomic mass is 19.4. The monoisotopic (exact) mass is 337 g/mol. The molecule has 4 rings (SSSR count). The van der Waals surface area contributed by atoms with Crippen LogP contribution in [0.15, 0.2) is 28.8 Å². The molecule has 1 saturated carbocycles. The molecule has 1 aliphatic heterocycles. The Hall–Kier alpha value is -2.38. The van der Waals surface area contributed by atoms with Gasteiger partial charge in [-0.15, -0.1) is 0 Å². The molecular formula is C16H14F3N3O2. The molecule has 0 atom stereocenters. The van der Waals surface area contributed by atoms with Crippen molar-refractivity contribution in [1.82, 2.24) is 15.0 Å². The minimum absolute atomic E-state index is 0.00315. The number of nitrogens with zero attached hydrogens (tertiary/aromatic N) is 3. The van der Waals surface area contributed by atoms with E-state index in [1.165, 1.54) is 12.1 Å². The van der Waals surface area contributed by atoms with Crippen molar-refractivity contribution in [2.75, 3.05) is 13.1 Å². The summed E-state index contributed by atoms with van der Waals surface area (Å²) >= 11 is 0. The van der Waals surface area contributed by atoms with Crippen LogP contribution in [0.1, 0.15) is 52.3 Å². The summed E-state index contributed by atoms with van der Waals surface area (Å²) in [6.07, 6.45) is -2.23. The zero-order valence-corrected chi connectivity index (χ0v) is 12.6. The highest BCUT2D eigenvalue weighted by molar-refractivity contribution is 5.94. The maximum absolute atomic E-state index is 12.5. The number of halogens is 3. The van der Waals surface area contributed by atoms with Gasteiger partial charge >= 0.3 is 6.18 Å². The third-order valence-corrected chi connectivity index (χ3v) is 4.38. The van der Waals surface area contributed by atoms with E-state index in [0.29, 0.717) is 24.9 Å². The van der Waals surface area contributed by atoms with Gasteiger partial charge < -0.3 is 9.42 Å². The summed E-state index contributed by atoms with van der Waals surface area (Å²) in [7, 11) is 0. The van der Waals surface area contributed by atoms with Crippen molar-refractivity contribution in [3.05, 3.63) is 47.1 Å². The van der Waals surface area contributed by atoms with Gasteiger partial charge in [-0.2, -0.15) is 18.2 Å². The molecule has 126 valence electrons. The highest BCUT2D eigenvalue weighted by Crippen LogP contribution is 2.39. The first-order chi connectivity index (χ1) is 11.4. The molecule has 0 N–H and O–H groups in total. The van der Waals surface area contributed by atoms with Crippen LogP contribution in [-0.2, 0) is 6.18 Å². The van der Waals surface area contributed by atoms with Crippen LogP contribution >= 0.6 is 0 Å². The van der Waals surface area contributed by atoms with Crippen LogP contribution in [0, 0.1) is 0 Å². The van der Waals surface area contributed by atoms with E-state index in [-0.39, 0.29) is 17.4 Å². The Kier molecular flexibility index (Phi) is 3.36. The SMILES string of the molecule is O=C(c1ccc(C(F)(F)F)cc1)N1CC(c2nc(C3CC3)no2)C1. The molecule has 1 aliphatic carbocycles. The van der Waals surface area contributed by atoms with Crippen molar-refractivity contribution in [3.8, 4) is 0 Å². The summed E-state index contributed by atoms with van der Waals surface area (Å²) in [4.78, 5) is 18.2. The Morgan fingerprint density at radius 2 is 1.79 bits per heavy atom. The summed E-state index contributed by atoms with van der Waals surface area (Å²) in [5, 5.41) is 3.95. The van der Waals surface area contributed by atoms with Crippen molar-refractivity contribution in [2.45, 2.75) is 30.9 Å². The average molecular weight is 337 g/mol. The summed E-state index contributed by atoms with van der Waals surface area (Å²) in [5.41, 5.74) is -0.523. The summed E-state index contributed by atoms with van der Waals surface area (Å²) in [5.74, 6) is 1.39. The Morgan fingerprint density at radius 3 is 2.38 bits per heavy atom. The Balaban J connectivity index is 1.38. The predicted molar refractivity (Wildman–Crippen MR) is 76.4 cm³/mol. The smallest absolute Gasteiger partial charge is 0.339 e. The standard InChI is InChI=1S/C16H14F3N3O2/c17-16(18,19)12-5-3-10(4-6-12)15(23)22-7-11(8-22)14-20-13(21-24-14)9-1-2-9/h3-6,9,11H,1-2,7-8H2. The van der Waals surface area contributed by atoms with Crippen LogP contribution in [0.5, 0.6) is 0 Å². The molecule has 8 heteroatoms. The lowest BCUT2D eigenvalue weighted by molar-refractivity contribution is -0.137. The van der Waals surface area contributed by atoms with Gasteiger partial charge in [-0.1, -0.05) is 5.16 Å². The van der Waals surface area contributed by atoms with Gasteiger partial charge in [0, 0.05) is 24.6 Å². The van der Waals surface area contributed by atoms with Gasteiger partial charge in [-0.25, -0.2) is 0 Å². The van der Waals surface area contributed by atoms with E-state index in [4.69, 9.17) is 4.52 Å². The quantitative estimate of drug-likeness (QED) is 0.863. The molecule has 0 spiro atoms. The third kappa shape index (κ3) is 2.76. The predicted octanol–water partition coefficient (Wildman–Crippen LogP) is 3.21. The van der Waals surface area contributed by atoms with Crippen molar-refractivity contribution in [2.24, 2.45) is 0 Å². The van der Waals surface area contributed by atoms with Crippen LogP contribution < -0.4 is 0 Å². The second-order valence-corrected chi connectivity index (χ2v) is 6.25. The molecule has 0 bridgehead atoms. The van der Waals surface area contributed by atoms with E-state index in [1.54, 1.807) is 4.90 Å². The van der Waals surface area contributed by atoms with Crippen molar-refractivity contribution >= 4 is 5.91 Å². The fourth-order valence-corrected chi connectivity index (χ4v) is 2.71. The molecule has 1 saturated heterocycles. The number of hydrogen-bond donors (Lipinski definition) is 0. The molecule has 1 amide bonds. The molecule has 2 fully saturated rings. The lowest BCUT2D eigenvalue weighted by Gasteiger charge is -2.37. The topological polar surface area (TPSA) is 59.2 Å². The van der Waals surface area contributed by atoms with E-state index >= 15 is 0 Å². The molecule has 2 aromatic rings. The van der Waals surface area contributed by atoms with E-state index in [9.17, 15) is 18.0 Å². The summed E-state index contributed by atoms with van der Waals surface area (Å²) in [6, 6.07) is 4.25. The van der Waals surface area contributed by atoms with Gasteiger partial charge in [0.2, 0.25) is 5.89 Å². The second kappa shape index (κ2) is 5.32. The normalized spacial score (nSPS) is 18.5. The Labute approximate surface area is 135 Å². The van der Waals surface area contributed by atoms with Crippen LogP contribution in [0.3, 0.4) is 0 Å². The molecular weight excluding hydrogens is 323 g/mol. The fourth-order valence-electron chi connectivity index (χ4n) is 2.71. The number of benzene rings is 1. The number of rotatable bonds is 3. The van der Waals surface area contributed by atoms with Crippen molar-refractivity contribution in [3.63, 3.8) is 0 Å². The van der Waals surface area contributed by atoms with E-state index in [2.05, 4.69) is 10.1 Å². The fraction of sp³-hybridized carbons (Fsp3) is 0.438. The number of amides is 1. The summed E-state index contributed by atoms with van der Waals surface area (Å²) in [6.45, 7) is 0.873. The first kappa shape index (κ1) is 15.2. The van der Waals surface area contributed by atoms with E-state index < -0.39 is 11.7 Å². The van der Waals surface area contributed by atoms with Crippen LogP contribution in [0.4, 0.5) is 13.2 Å². The number of carbonyl (C=O) groups is 1. The minimum Gasteiger partial charge on any atom is -0.339 e. The molecule has 1 aromatic carbocycles. The average Bonchev–Trinajstić information content (AvgIpc) is 3.24. The van der Waals surface area contributed by atoms with Crippen LogP contribution in [0.2, 0.25) is 0 Å². The number of likely N-dealkylation sites (tertiary alicyclic amines) is 1. The third-order valence-electron chi connectivity index (χ3n) is 4.38. The zero-order chi connectivity index (χ0) is 16.9. The first-order valence-corrected chi connectivity index (χ1v) is 7.72. The van der Waals surface area contributed by atoms with Gasteiger partial charge in [-0.05, 0) is 37.1 Å². The van der Waals surface area contributed by atoms with Gasteiger partial charge in [0.05, 0.1) is 11.5 Å². The second-order valence-electron chi connectivity index (χ2n) is 6.25. The van der Waals surface area contributed by atoms with Crippen LogP contribution in [0.25, 0.3) is 0 Å². The van der Waals surface area contributed by atoms with Gasteiger partial charge in [0.25, 0.3) is 5.91 Å². The molecule has 24 heavy (non-hydrogen) atoms. The maximum Gasteiger partial charge on any atom is 0.416 e. The number of hydrogen-bond acceptors (Lipinski definition) is 4. The Morgan fingerprint density at radius 1 is 1.12 bits per heavy atom. The van der Waals surface area contributed by atoms with Crippen LogP contribution in [-0.4, -0.2) is 34.0 Å². The summed E-state index contributed by atoms with van der Waals surface area (Å²) < 4.78 is 42.9. The van der Waals surface area contributed by atoms with E-state index in [1.807, 2.05) is 0 Å². The molecule has 0 unspecified atom stereocenters. The Bertz CT molecular complexity index is 760. The first-order valence-electron chi connectivity index (χ1n) is 7.72. The molecule has 0 radical (unpaired) electrons. The molecule has 1 aromatic heterocycles. The number of carbonyl (C=O) groups excluding carboxylic acids is 1.